The van der Waals surface area contributed by atoms with Crippen LogP contribution >= 0.6 is 11.6 Å². The summed E-state index contributed by atoms with van der Waals surface area (Å²) < 4.78 is 71.2. The van der Waals surface area contributed by atoms with Crippen LogP contribution in [0.1, 0.15) is 12.0 Å². The van der Waals surface area contributed by atoms with Gasteiger partial charge in [0.2, 0.25) is 10.0 Å². The van der Waals surface area contributed by atoms with Gasteiger partial charge in [0.25, 0.3) is 0 Å². The lowest BCUT2D eigenvalue weighted by Crippen LogP contribution is -2.43. The van der Waals surface area contributed by atoms with E-state index in [4.69, 9.17) is 21.6 Å². The summed E-state index contributed by atoms with van der Waals surface area (Å²) in [6.07, 6.45) is -4.84. The fraction of sp³-hybridized carbons (Fsp3) is 0.562. The highest BCUT2D eigenvalue weighted by atomic mass is 35.5. The molecule has 2 rings (SSSR count). The Morgan fingerprint density at radius 1 is 1.26 bits per heavy atom. The van der Waals surface area contributed by atoms with Gasteiger partial charge >= 0.3 is 6.18 Å². The molecule has 11 heteroatoms. The summed E-state index contributed by atoms with van der Waals surface area (Å²) in [4.78, 5) is 1.50. The van der Waals surface area contributed by atoms with Crippen molar-refractivity contribution in [3.63, 3.8) is 0 Å². The van der Waals surface area contributed by atoms with Crippen molar-refractivity contribution >= 4 is 21.6 Å². The van der Waals surface area contributed by atoms with Crippen LogP contribution in [0.15, 0.2) is 23.1 Å². The highest BCUT2D eigenvalue weighted by molar-refractivity contribution is 7.89. The smallest absolute Gasteiger partial charge is 0.379 e. The molecule has 1 aliphatic rings. The van der Waals surface area contributed by atoms with E-state index >= 15 is 0 Å². The van der Waals surface area contributed by atoms with Gasteiger partial charge in [0.15, 0.2) is 0 Å². The van der Waals surface area contributed by atoms with Gasteiger partial charge in [-0.05, 0) is 18.2 Å². The van der Waals surface area contributed by atoms with Crippen LogP contribution in [0.2, 0.25) is 5.02 Å². The third kappa shape index (κ3) is 5.80. The molecule has 1 aromatic carbocycles. The number of halogens is 4. The molecule has 0 aliphatic carbocycles. The van der Waals surface area contributed by atoms with E-state index in [1.165, 1.54) is 0 Å². The number of sulfonamides is 1. The number of ether oxygens (including phenoxy) is 1. The minimum atomic E-state index is -4.77. The summed E-state index contributed by atoms with van der Waals surface area (Å²) in [6.45, 7) is 2.72. The van der Waals surface area contributed by atoms with E-state index < -0.39 is 31.7 Å². The van der Waals surface area contributed by atoms with Gasteiger partial charge in [0.1, 0.15) is 0 Å². The first kappa shape index (κ1) is 21.9. The van der Waals surface area contributed by atoms with E-state index in [1.54, 1.807) is 0 Å². The lowest BCUT2D eigenvalue weighted by Gasteiger charge is -2.29. The Kier molecular flexibility index (Phi) is 7.47. The van der Waals surface area contributed by atoms with E-state index in [2.05, 4.69) is 0 Å². The van der Waals surface area contributed by atoms with Crippen molar-refractivity contribution in [1.82, 2.24) is 9.21 Å². The molecule has 0 radical (unpaired) electrons. The van der Waals surface area contributed by atoms with Crippen molar-refractivity contribution in [1.29, 1.82) is 5.26 Å². The monoisotopic (exact) mass is 425 g/mol. The van der Waals surface area contributed by atoms with E-state index in [0.717, 1.165) is 16.4 Å². The fourth-order valence-corrected chi connectivity index (χ4v) is 4.32. The third-order valence-corrected chi connectivity index (χ3v) is 6.35. The molecule has 0 bridgehead atoms. The van der Waals surface area contributed by atoms with Crippen LogP contribution in [0.3, 0.4) is 0 Å². The number of benzene rings is 1. The fourth-order valence-electron chi connectivity index (χ4n) is 2.64. The van der Waals surface area contributed by atoms with Gasteiger partial charge < -0.3 is 4.74 Å². The van der Waals surface area contributed by atoms with E-state index in [9.17, 15) is 21.6 Å². The van der Waals surface area contributed by atoms with Crippen LogP contribution in [0.25, 0.3) is 0 Å². The molecule has 6 nitrogen and oxygen atoms in total. The Hall–Kier alpha value is -1.38. The number of morpholine rings is 1. The van der Waals surface area contributed by atoms with Crippen molar-refractivity contribution in [2.75, 3.05) is 45.9 Å². The summed E-state index contributed by atoms with van der Waals surface area (Å²) in [6, 6.07) is 4.36. The van der Waals surface area contributed by atoms with Crippen molar-refractivity contribution in [3.8, 4) is 6.07 Å². The van der Waals surface area contributed by atoms with Gasteiger partial charge in [-0.15, -0.1) is 0 Å². The first-order valence-corrected chi connectivity index (χ1v) is 10.0. The maximum Gasteiger partial charge on any atom is 0.417 e. The number of hydrogen-bond acceptors (Lipinski definition) is 5. The molecule has 1 heterocycles. The van der Waals surface area contributed by atoms with E-state index in [1.807, 2.05) is 11.0 Å². The Morgan fingerprint density at radius 2 is 1.93 bits per heavy atom. The SMILES string of the molecule is N#CCCN(CCN1CCOCC1)S(=O)(=O)c1ccc(Cl)c(C(F)(F)F)c1. The highest BCUT2D eigenvalue weighted by Crippen LogP contribution is 2.36. The maximum atomic E-state index is 13.1. The van der Waals surface area contributed by atoms with Gasteiger partial charge in [0.05, 0.1) is 34.8 Å². The highest BCUT2D eigenvalue weighted by Gasteiger charge is 2.35. The largest absolute Gasteiger partial charge is 0.417 e. The van der Waals surface area contributed by atoms with Crippen molar-refractivity contribution in [3.05, 3.63) is 28.8 Å². The van der Waals surface area contributed by atoms with Crippen LogP contribution in [0.5, 0.6) is 0 Å². The Morgan fingerprint density at radius 3 is 2.52 bits per heavy atom. The Balaban J connectivity index is 2.26. The van der Waals surface area contributed by atoms with Crippen molar-refractivity contribution in [2.24, 2.45) is 0 Å². The molecule has 0 spiro atoms. The second-order valence-corrected chi connectivity index (χ2v) is 8.25. The van der Waals surface area contributed by atoms with Crippen LogP contribution < -0.4 is 0 Å². The molecule has 0 atom stereocenters. The Labute approximate surface area is 161 Å². The molecule has 0 aromatic heterocycles. The van der Waals surface area contributed by atoms with Gasteiger partial charge in [-0.25, -0.2) is 8.42 Å². The quantitative estimate of drug-likeness (QED) is 0.671. The molecule has 0 N–H and O–H groups in total. The Bertz CT molecular complexity index is 790. The van der Waals surface area contributed by atoms with Gasteiger partial charge in [-0.1, -0.05) is 11.6 Å². The van der Waals surface area contributed by atoms with E-state index in [0.29, 0.717) is 38.9 Å². The standard InChI is InChI=1S/C16H19ClF3N3O3S/c17-15-3-2-13(12-14(15)16(18,19)20)27(24,25)23(5-1-4-21)7-6-22-8-10-26-11-9-22/h2-3,12H,1,5-11H2. The van der Waals surface area contributed by atoms with Crippen molar-refractivity contribution in [2.45, 2.75) is 17.5 Å². The number of alkyl halides is 3. The number of nitriles is 1. The van der Waals surface area contributed by atoms with Crippen LogP contribution in [-0.4, -0.2) is 63.6 Å². The predicted molar refractivity (Wildman–Crippen MR) is 92.7 cm³/mol. The minimum Gasteiger partial charge on any atom is -0.379 e. The lowest BCUT2D eigenvalue weighted by atomic mass is 10.2. The van der Waals surface area contributed by atoms with Crippen LogP contribution in [0, 0.1) is 11.3 Å². The molecular formula is C16H19ClF3N3O3S. The van der Waals surface area contributed by atoms with Crippen LogP contribution in [0.4, 0.5) is 13.2 Å². The third-order valence-electron chi connectivity index (χ3n) is 4.12. The summed E-state index contributed by atoms with van der Waals surface area (Å²) in [5, 5.41) is 8.22. The number of rotatable bonds is 7. The zero-order valence-corrected chi connectivity index (χ0v) is 15.9. The number of hydrogen-bond donors (Lipinski definition) is 0. The lowest BCUT2D eigenvalue weighted by molar-refractivity contribution is -0.137. The van der Waals surface area contributed by atoms with Gasteiger partial charge in [-0.2, -0.15) is 22.7 Å². The normalized spacial score (nSPS) is 16.4. The molecule has 1 aliphatic heterocycles. The molecular weight excluding hydrogens is 407 g/mol. The minimum absolute atomic E-state index is 0.0635. The molecule has 0 saturated carbocycles. The van der Waals surface area contributed by atoms with E-state index in [-0.39, 0.29) is 19.5 Å². The van der Waals surface area contributed by atoms with Crippen molar-refractivity contribution < 1.29 is 26.3 Å². The first-order valence-electron chi connectivity index (χ1n) is 8.20. The zero-order valence-electron chi connectivity index (χ0n) is 14.4. The van der Waals surface area contributed by atoms with Gasteiger partial charge in [-0.3, -0.25) is 4.90 Å². The summed E-state index contributed by atoms with van der Waals surface area (Å²) >= 11 is 5.57. The average molecular weight is 426 g/mol. The molecule has 150 valence electrons. The predicted octanol–water partition coefficient (Wildman–Crippen LogP) is 2.60. The topological polar surface area (TPSA) is 73.6 Å². The van der Waals surface area contributed by atoms with Crippen LogP contribution in [-0.2, 0) is 20.9 Å². The molecule has 1 saturated heterocycles. The summed E-state index contributed by atoms with van der Waals surface area (Å²) in [5.41, 5.74) is -1.21. The molecule has 1 fully saturated rings. The summed E-state index contributed by atoms with van der Waals surface area (Å²) in [5.74, 6) is 0. The number of nitrogens with zero attached hydrogens (tertiary/aromatic N) is 3. The molecule has 0 unspecified atom stereocenters. The first-order chi connectivity index (χ1) is 12.7. The average Bonchev–Trinajstić information content (AvgIpc) is 2.61. The zero-order chi connectivity index (χ0) is 20.1. The maximum absolute atomic E-state index is 13.1. The molecule has 0 amide bonds. The van der Waals surface area contributed by atoms with Gasteiger partial charge in [0, 0.05) is 39.1 Å². The summed E-state index contributed by atoms with van der Waals surface area (Å²) in [7, 11) is -4.21. The molecule has 1 aromatic rings. The second-order valence-electron chi connectivity index (χ2n) is 5.91. The second kappa shape index (κ2) is 9.21. The molecule has 27 heavy (non-hydrogen) atoms.